The normalized spacial score (nSPS) is 11.7. The van der Waals surface area contributed by atoms with E-state index in [1.807, 2.05) is 6.92 Å². The number of sulfonamides is 1. The predicted molar refractivity (Wildman–Crippen MR) is 134 cm³/mol. The largest absolute Gasteiger partial charge is 0.327 e. The smallest absolute Gasteiger partial charge is 0.244 e. The molecule has 0 aromatic carbocycles. The minimum absolute atomic E-state index is 0. The maximum Gasteiger partial charge on any atom is 0.244 e. The molecule has 3 aromatic heterocycles. The summed E-state index contributed by atoms with van der Waals surface area (Å²) < 4.78 is 42.1. The van der Waals surface area contributed by atoms with Crippen LogP contribution in [0.1, 0.15) is 5.69 Å². The van der Waals surface area contributed by atoms with Crippen molar-refractivity contribution < 1.29 is 12.8 Å². The van der Waals surface area contributed by atoms with Crippen LogP contribution < -0.4 is 5.73 Å². The Morgan fingerprint density at radius 3 is 2.47 bits per heavy atom. The number of allylic oxidation sites excluding steroid dienone is 1. The van der Waals surface area contributed by atoms with Crippen molar-refractivity contribution in [2.45, 2.75) is 18.4 Å². The molecular weight excluding hydrogens is 523 g/mol. The van der Waals surface area contributed by atoms with Crippen molar-refractivity contribution in [2.75, 3.05) is 20.6 Å². The number of nitrogens with two attached hydrogens (primary N) is 1. The van der Waals surface area contributed by atoms with E-state index in [9.17, 15) is 12.8 Å². The Bertz CT molecular complexity index is 1220. The number of pyridine rings is 2. The first-order valence-electron chi connectivity index (χ1n) is 8.73. The lowest BCUT2D eigenvalue weighted by Gasteiger charge is -2.12. The molecule has 13 heteroatoms. The first kappa shape index (κ1) is 30.5. The number of hydrogen-bond acceptors (Lipinski definition) is 5. The Labute approximate surface area is 210 Å². The van der Waals surface area contributed by atoms with Gasteiger partial charge in [-0.1, -0.05) is 11.6 Å². The van der Waals surface area contributed by atoms with Crippen LogP contribution in [0.15, 0.2) is 47.5 Å². The average molecular weight is 547 g/mol. The molecule has 0 radical (unpaired) electrons. The average Bonchev–Trinajstić information content (AvgIpc) is 2.92. The molecule has 7 nitrogen and oxygen atoms in total. The fourth-order valence-electron chi connectivity index (χ4n) is 3.13. The maximum absolute atomic E-state index is 14.2. The van der Waals surface area contributed by atoms with Gasteiger partial charge in [0.2, 0.25) is 10.0 Å². The number of hydrogen-bond donors (Lipinski definition) is 1. The summed E-state index contributed by atoms with van der Waals surface area (Å²) in [5.41, 5.74) is 7.90. The van der Waals surface area contributed by atoms with Crippen molar-refractivity contribution in [3.05, 3.63) is 53.3 Å². The third-order valence-corrected chi connectivity index (χ3v) is 6.54. The second-order valence-electron chi connectivity index (χ2n) is 6.65. The summed E-state index contributed by atoms with van der Waals surface area (Å²) in [5.74, 6) is -0.391. The lowest BCUT2D eigenvalue weighted by atomic mass is 10.1. The molecule has 0 atom stereocenters. The Kier molecular flexibility index (Phi) is 11.6. The van der Waals surface area contributed by atoms with E-state index in [1.54, 1.807) is 22.9 Å². The number of nitrogens with zero attached hydrogens (tertiary/aromatic N) is 4. The van der Waals surface area contributed by atoms with E-state index >= 15 is 0 Å². The highest BCUT2D eigenvalue weighted by Crippen LogP contribution is 2.36. The summed E-state index contributed by atoms with van der Waals surface area (Å²) in [6.07, 6.45) is 5.64. The van der Waals surface area contributed by atoms with E-state index < -0.39 is 15.9 Å². The summed E-state index contributed by atoms with van der Waals surface area (Å²) in [7, 11) is -0.754. The summed E-state index contributed by atoms with van der Waals surface area (Å²) in [4.78, 5) is 8.53. The first-order valence-corrected chi connectivity index (χ1v) is 10.6. The zero-order chi connectivity index (χ0) is 21.3. The molecule has 178 valence electrons. The van der Waals surface area contributed by atoms with Gasteiger partial charge in [0.1, 0.15) is 16.4 Å². The van der Waals surface area contributed by atoms with E-state index in [0.717, 1.165) is 4.31 Å². The zero-order valence-electron chi connectivity index (χ0n) is 17.4. The van der Waals surface area contributed by atoms with E-state index in [1.165, 1.54) is 32.6 Å². The van der Waals surface area contributed by atoms with Gasteiger partial charge in [0, 0.05) is 61.4 Å². The quantitative estimate of drug-likeness (QED) is 0.495. The lowest BCUT2D eigenvalue weighted by molar-refractivity contribution is 0.520. The van der Waals surface area contributed by atoms with Gasteiger partial charge >= 0.3 is 0 Å². The van der Waals surface area contributed by atoms with E-state index in [0.29, 0.717) is 32.9 Å². The van der Waals surface area contributed by atoms with Crippen molar-refractivity contribution in [2.24, 2.45) is 5.73 Å². The Morgan fingerprint density at radius 2 is 1.88 bits per heavy atom. The summed E-state index contributed by atoms with van der Waals surface area (Å²) >= 11 is 6.15. The van der Waals surface area contributed by atoms with Crippen LogP contribution in [0.25, 0.3) is 22.2 Å². The minimum atomic E-state index is -3.66. The van der Waals surface area contributed by atoms with Gasteiger partial charge in [0.15, 0.2) is 0 Å². The fraction of sp³-hybridized carbons (Fsp3) is 0.263. The molecule has 0 spiro atoms. The molecular formula is C19H24Cl4FN5O2S. The van der Waals surface area contributed by atoms with Gasteiger partial charge in [0.25, 0.3) is 0 Å². The van der Waals surface area contributed by atoms with Crippen LogP contribution in [-0.4, -0.2) is 47.9 Å². The highest BCUT2D eigenvalue weighted by Gasteiger charge is 2.22. The topological polar surface area (TPSA) is 94.1 Å². The van der Waals surface area contributed by atoms with Crippen LogP contribution in [0.5, 0.6) is 0 Å². The lowest BCUT2D eigenvalue weighted by Crippen LogP contribution is -2.22. The molecule has 2 N–H and O–H groups in total. The van der Waals surface area contributed by atoms with E-state index in [4.69, 9.17) is 17.3 Å². The SMILES string of the molecule is Cc1c(-c2cncc(S(=O)(=O)N(C)C)c2)c2cc(Cl)cnc2n1CC(F)=CCN.Cl.Cl.Cl. The third-order valence-electron chi connectivity index (χ3n) is 4.55. The molecule has 0 aliphatic rings. The molecule has 0 aliphatic heterocycles. The van der Waals surface area contributed by atoms with Crippen LogP contribution in [0, 0.1) is 6.92 Å². The summed E-state index contributed by atoms with van der Waals surface area (Å²) in [6.45, 7) is 1.86. The van der Waals surface area contributed by atoms with Crippen molar-refractivity contribution in [3.63, 3.8) is 0 Å². The molecule has 3 heterocycles. The number of aromatic nitrogens is 3. The number of fused-ring (bicyclic) bond motifs is 1. The van der Waals surface area contributed by atoms with Gasteiger partial charge in [-0.15, -0.1) is 37.2 Å². The van der Waals surface area contributed by atoms with Crippen LogP contribution in [-0.2, 0) is 16.6 Å². The van der Waals surface area contributed by atoms with Gasteiger partial charge in [0.05, 0.1) is 11.6 Å². The summed E-state index contributed by atoms with van der Waals surface area (Å²) in [5, 5.41) is 1.09. The number of rotatable bonds is 6. The molecule has 0 amide bonds. The van der Waals surface area contributed by atoms with E-state index in [2.05, 4.69) is 9.97 Å². The molecule has 0 saturated carbocycles. The monoisotopic (exact) mass is 545 g/mol. The van der Waals surface area contributed by atoms with Crippen LogP contribution in [0.2, 0.25) is 5.02 Å². The van der Waals surface area contributed by atoms with Gasteiger partial charge in [-0.2, -0.15) is 0 Å². The van der Waals surface area contributed by atoms with Crippen LogP contribution in [0.4, 0.5) is 4.39 Å². The van der Waals surface area contributed by atoms with E-state index in [-0.39, 0.29) is 55.2 Å². The molecule has 0 bridgehead atoms. The number of halogens is 5. The molecule has 32 heavy (non-hydrogen) atoms. The second kappa shape index (κ2) is 12.1. The van der Waals surface area contributed by atoms with Crippen molar-refractivity contribution in [3.8, 4) is 11.1 Å². The summed E-state index contributed by atoms with van der Waals surface area (Å²) in [6, 6.07) is 3.27. The highest BCUT2D eigenvalue weighted by molar-refractivity contribution is 7.89. The van der Waals surface area contributed by atoms with Crippen molar-refractivity contribution in [1.82, 2.24) is 18.8 Å². The first-order chi connectivity index (χ1) is 13.7. The molecule has 0 aliphatic carbocycles. The zero-order valence-corrected chi connectivity index (χ0v) is 21.5. The molecule has 0 fully saturated rings. The predicted octanol–water partition coefficient (Wildman–Crippen LogP) is 4.39. The molecule has 3 aromatic rings. The fourth-order valence-corrected chi connectivity index (χ4v) is 4.18. The van der Waals surface area contributed by atoms with Gasteiger partial charge in [-0.05, 0) is 25.1 Å². The minimum Gasteiger partial charge on any atom is -0.327 e. The van der Waals surface area contributed by atoms with Gasteiger partial charge in [-0.25, -0.2) is 22.1 Å². The standard InChI is InChI=1S/C19H21ClFN5O2S.3ClH/c1-12-18(13-6-16(10-23-8-13)29(27,28)25(2)3)17-7-14(20)9-24-19(17)26(12)11-15(21)4-5-22;;;/h4,6-10H,5,11,22H2,1-3H3;3*1H. The third kappa shape index (κ3) is 5.91. The second-order valence-corrected chi connectivity index (χ2v) is 9.24. The Hall–Kier alpha value is -1.46. The maximum atomic E-state index is 14.2. The Morgan fingerprint density at radius 1 is 1.22 bits per heavy atom. The van der Waals surface area contributed by atoms with Crippen molar-refractivity contribution >= 4 is 69.9 Å². The Balaban J connectivity index is 0.00000320. The molecule has 3 rings (SSSR count). The van der Waals surface area contributed by atoms with Crippen LogP contribution in [0.3, 0.4) is 0 Å². The van der Waals surface area contributed by atoms with Gasteiger partial charge < -0.3 is 10.3 Å². The molecule has 0 unspecified atom stereocenters. The van der Waals surface area contributed by atoms with Crippen LogP contribution >= 0.6 is 48.8 Å². The highest BCUT2D eigenvalue weighted by atomic mass is 35.5. The van der Waals surface area contributed by atoms with Gasteiger partial charge in [-0.3, -0.25) is 4.98 Å². The van der Waals surface area contributed by atoms with Crippen molar-refractivity contribution in [1.29, 1.82) is 0 Å². The molecule has 0 saturated heterocycles.